The molecular formula is C33H32N4O2. The molecule has 0 saturated heterocycles. The molecule has 1 heterocycles. The Hall–Kier alpha value is -4.68. The lowest BCUT2D eigenvalue weighted by Crippen LogP contribution is -2.30. The summed E-state index contributed by atoms with van der Waals surface area (Å²) in [5, 5.41) is 6.50. The number of anilines is 3. The number of benzene rings is 4. The van der Waals surface area contributed by atoms with Gasteiger partial charge in [0.2, 0.25) is 0 Å². The van der Waals surface area contributed by atoms with Gasteiger partial charge in [0.05, 0.1) is 11.3 Å². The quantitative estimate of drug-likeness (QED) is 0.268. The molecule has 2 amide bonds. The van der Waals surface area contributed by atoms with E-state index in [0.29, 0.717) is 34.6 Å². The Morgan fingerprint density at radius 2 is 1.49 bits per heavy atom. The minimum Gasteiger partial charge on any atom is -0.354 e. The van der Waals surface area contributed by atoms with Gasteiger partial charge in [-0.15, -0.1) is 0 Å². The zero-order valence-electron chi connectivity index (χ0n) is 22.4. The third-order valence-corrected chi connectivity index (χ3v) is 6.67. The minimum absolute atomic E-state index is 0.115. The van der Waals surface area contributed by atoms with Crippen molar-refractivity contribution >= 4 is 40.1 Å². The molecule has 0 unspecified atom stereocenters. The maximum Gasteiger partial charge on any atom is 0.258 e. The molecular weight excluding hydrogens is 484 g/mol. The van der Waals surface area contributed by atoms with E-state index in [1.165, 1.54) is 5.56 Å². The van der Waals surface area contributed by atoms with Crippen LogP contribution < -0.4 is 15.5 Å². The molecule has 0 spiro atoms. The third kappa shape index (κ3) is 5.61. The average molecular weight is 517 g/mol. The van der Waals surface area contributed by atoms with Crippen LogP contribution in [0, 0.1) is 0 Å². The molecule has 0 bridgehead atoms. The summed E-state index contributed by atoms with van der Waals surface area (Å²) in [4.78, 5) is 30.8. The molecule has 1 aliphatic heterocycles. The van der Waals surface area contributed by atoms with E-state index in [4.69, 9.17) is 0 Å². The van der Waals surface area contributed by atoms with Crippen LogP contribution in [0.25, 0.3) is 11.3 Å². The summed E-state index contributed by atoms with van der Waals surface area (Å²) in [6.45, 7) is 3.33. The van der Waals surface area contributed by atoms with Crippen molar-refractivity contribution in [2.24, 2.45) is 0 Å². The van der Waals surface area contributed by atoms with Crippen LogP contribution in [0.2, 0.25) is 0 Å². The lowest BCUT2D eigenvalue weighted by molar-refractivity contribution is -0.110. The van der Waals surface area contributed by atoms with Crippen molar-refractivity contribution in [3.63, 3.8) is 0 Å². The van der Waals surface area contributed by atoms with Gasteiger partial charge in [-0.05, 0) is 74.6 Å². The van der Waals surface area contributed by atoms with Gasteiger partial charge in [-0.2, -0.15) is 0 Å². The predicted octanol–water partition coefficient (Wildman–Crippen LogP) is 6.35. The maximum atomic E-state index is 13.6. The molecule has 1 aliphatic rings. The number of para-hydroxylation sites is 1. The van der Waals surface area contributed by atoms with Crippen molar-refractivity contribution in [1.29, 1.82) is 0 Å². The Kier molecular flexibility index (Phi) is 7.57. The van der Waals surface area contributed by atoms with Crippen LogP contribution in [0.3, 0.4) is 0 Å². The van der Waals surface area contributed by atoms with Crippen molar-refractivity contribution in [1.82, 2.24) is 4.90 Å². The van der Waals surface area contributed by atoms with Crippen molar-refractivity contribution in [3.8, 4) is 0 Å². The molecule has 5 rings (SSSR count). The van der Waals surface area contributed by atoms with E-state index in [0.717, 1.165) is 23.5 Å². The molecule has 2 N–H and O–H groups in total. The molecule has 0 saturated carbocycles. The van der Waals surface area contributed by atoms with E-state index in [1.54, 1.807) is 11.0 Å². The van der Waals surface area contributed by atoms with Crippen LogP contribution in [0.5, 0.6) is 0 Å². The lowest BCUT2D eigenvalue weighted by atomic mass is 9.98. The smallest absolute Gasteiger partial charge is 0.258 e. The molecule has 4 aromatic carbocycles. The molecule has 0 aliphatic carbocycles. The van der Waals surface area contributed by atoms with Crippen molar-refractivity contribution in [3.05, 3.63) is 125 Å². The van der Waals surface area contributed by atoms with E-state index >= 15 is 0 Å². The summed E-state index contributed by atoms with van der Waals surface area (Å²) in [6.07, 6.45) is 0. The number of nitrogens with zero attached hydrogens (tertiary/aromatic N) is 2. The highest BCUT2D eigenvalue weighted by molar-refractivity contribution is 6.37. The number of carbonyl (C=O) groups excluding carboxylic acids is 2. The van der Waals surface area contributed by atoms with Crippen molar-refractivity contribution < 1.29 is 9.59 Å². The Morgan fingerprint density at radius 1 is 0.821 bits per heavy atom. The standard InChI is InChI=1S/C33H32N4O2/c1-4-37(27-13-9-6-10-14-27)33(39)25-17-20-29-28(21-25)30(32(38)35-29)31(24-11-7-5-8-12-24)34-26-18-15-23(16-19-26)22-36(2)3/h5-21,34H,4,22H2,1-3H3,(H,35,38)/b31-30-. The molecule has 196 valence electrons. The van der Waals surface area contributed by atoms with Crippen LogP contribution in [-0.2, 0) is 11.3 Å². The molecule has 4 aromatic rings. The minimum atomic E-state index is -0.208. The highest BCUT2D eigenvalue weighted by Crippen LogP contribution is 2.38. The van der Waals surface area contributed by atoms with Gasteiger partial charge in [0.1, 0.15) is 0 Å². The second kappa shape index (κ2) is 11.4. The third-order valence-electron chi connectivity index (χ3n) is 6.67. The molecule has 6 heteroatoms. The number of nitrogens with one attached hydrogen (secondary N) is 2. The van der Waals surface area contributed by atoms with Gasteiger partial charge in [0, 0.05) is 41.3 Å². The summed E-state index contributed by atoms with van der Waals surface area (Å²) in [6, 6.07) is 33.0. The number of hydrogen-bond donors (Lipinski definition) is 2. The van der Waals surface area contributed by atoms with Crippen LogP contribution >= 0.6 is 0 Å². The Balaban J connectivity index is 1.57. The highest BCUT2D eigenvalue weighted by Gasteiger charge is 2.30. The number of amides is 2. The van der Waals surface area contributed by atoms with Gasteiger partial charge < -0.3 is 20.4 Å². The topological polar surface area (TPSA) is 64.7 Å². The molecule has 0 fully saturated rings. The van der Waals surface area contributed by atoms with Gasteiger partial charge in [-0.25, -0.2) is 0 Å². The Bertz CT molecular complexity index is 1510. The molecule has 0 atom stereocenters. The molecule has 0 aromatic heterocycles. The first-order valence-electron chi connectivity index (χ1n) is 13.1. The average Bonchev–Trinajstić information content (AvgIpc) is 3.28. The second-order valence-corrected chi connectivity index (χ2v) is 9.78. The molecule has 39 heavy (non-hydrogen) atoms. The van der Waals surface area contributed by atoms with Crippen LogP contribution in [0.1, 0.15) is 34.0 Å². The van der Waals surface area contributed by atoms with E-state index < -0.39 is 0 Å². The number of rotatable bonds is 8. The van der Waals surface area contributed by atoms with Crippen LogP contribution in [0.4, 0.5) is 17.1 Å². The SMILES string of the molecule is CCN(C(=O)c1ccc2c(c1)/C(=C(/Nc1ccc(CN(C)C)cc1)c1ccccc1)C(=O)N2)c1ccccc1. The second-order valence-electron chi connectivity index (χ2n) is 9.78. The fourth-order valence-electron chi connectivity index (χ4n) is 4.84. The molecule has 6 nitrogen and oxygen atoms in total. The van der Waals surface area contributed by atoms with E-state index in [9.17, 15) is 9.59 Å². The fraction of sp³-hybridized carbons (Fsp3) is 0.152. The van der Waals surface area contributed by atoms with Gasteiger partial charge >= 0.3 is 0 Å². The highest BCUT2D eigenvalue weighted by atomic mass is 16.2. The normalized spacial score (nSPS) is 13.6. The van der Waals surface area contributed by atoms with Gasteiger partial charge in [0.15, 0.2) is 0 Å². The maximum absolute atomic E-state index is 13.6. The van der Waals surface area contributed by atoms with Crippen molar-refractivity contribution in [2.45, 2.75) is 13.5 Å². The first kappa shape index (κ1) is 25.9. The number of carbonyl (C=O) groups is 2. The summed E-state index contributed by atoms with van der Waals surface area (Å²) in [7, 11) is 4.08. The van der Waals surface area contributed by atoms with Crippen LogP contribution in [0.15, 0.2) is 103 Å². The zero-order chi connectivity index (χ0) is 27.4. The Labute approximate surface area is 229 Å². The monoisotopic (exact) mass is 516 g/mol. The van der Waals surface area contributed by atoms with Gasteiger partial charge in [0.25, 0.3) is 11.8 Å². The van der Waals surface area contributed by atoms with Gasteiger partial charge in [-0.3, -0.25) is 9.59 Å². The summed E-state index contributed by atoms with van der Waals surface area (Å²) in [5.74, 6) is -0.323. The van der Waals surface area contributed by atoms with Crippen molar-refractivity contribution in [2.75, 3.05) is 36.2 Å². The predicted molar refractivity (Wildman–Crippen MR) is 160 cm³/mol. The number of fused-ring (bicyclic) bond motifs is 1. The Morgan fingerprint density at radius 3 is 2.13 bits per heavy atom. The van der Waals surface area contributed by atoms with Gasteiger partial charge in [-0.1, -0.05) is 60.7 Å². The first-order valence-corrected chi connectivity index (χ1v) is 13.1. The largest absolute Gasteiger partial charge is 0.354 e. The van der Waals surface area contributed by atoms with Crippen LogP contribution in [-0.4, -0.2) is 37.4 Å². The molecule has 0 radical (unpaired) electrons. The first-order chi connectivity index (χ1) is 18.9. The zero-order valence-corrected chi connectivity index (χ0v) is 22.4. The van der Waals surface area contributed by atoms with E-state index in [2.05, 4.69) is 27.7 Å². The summed E-state index contributed by atoms with van der Waals surface area (Å²) < 4.78 is 0. The summed E-state index contributed by atoms with van der Waals surface area (Å²) >= 11 is 0. The fourth-order valence-corrected chi connectivity index (χ4v) is 4.84. The number of hydrogen-bond acceptors (Lipinski definition) is 4. The lowest BCUT2D eigenvalue weighted by Gasteiger charge is -2.21. The van der Waals surface area contributed by atoms with E-state index in [-0.39, 0.29) is 11.8 Å². The van der Waals surface area contributed by atoms with E-state index in [1.807, 2.05) is 106 Å². The summed E-state index contributed by atoms with van der Waals surface area (Å²) in [5.41, 5.74) is 6.89.